The molecule has 1 heterocycles. The monoisotopic (exact) mass is 361 g/mol. The molecule has 0 saturated heterocycles. The second-order valence-corrected chi connectivity index (χ2v) is 7.17. The Labute approximate surface area is 129 Å². The van der Waals surface area contributed by atoms with Crippen LogP contribution < -0.4 is 5.32 Å². The molecule has 102 valence electrons. The molecule has 1 aromatic carbocycles. The number of nitrogens with one attached hydrogen (secondary N) is 1. The van der Waals surface area contributed by atoms with Gasteiger partial charge in [-0.3, -0.25) is 0 Å². The first-order valence-corrected chi connectivity index (χ1v) is 8.01. The summed E-state index contributed by atoms with van der Waals surface area (Å²) in [4.78, 5) is 1.21. The highest BCUT2D eigenvalue weighted by Crippen LogP contribution is 2.29. The molecule has 0 radical (unpaired) electrons. The van der Waals surface area contributed by atoms with E-state index in [1.807, 2.05) is 13.0 Å². The fraction of sp³-hybridized carbons (Fsp3) is 0.286. The van der Waals surface area contributed by atoms with Gasteiger partial charge in [0.1, 0.15) is 5.82 Å². The molecule has 19 heavy (non-hydrogen) atoms. The smallest absolute Gasteiger partial charge is 0.128 e. The van der Waals surface area contributed by atoms with Gasteiger partial charge in [-0.2, -0.15) is 0 Å². The Bertz CT molecular complexity index is 558. The van der Waals surface area contributed by atoms with E-state index in [9.17, 15) is 4.39 Å². The first-order chi connectivity index (χ1) is 9.10. The summed E-state index contributed by atoms with van der Waals surface area (Å²) in [7, 11) is 0. The van der Waals surface area contributed by atoms with Crippen LogP contribution in [0.4, 0.5) is 4.39 Å². The molecule has 0 bridgehead atoms. The van der Waals surface area contributed by atoms with Crippen LogP contribution >= 0.6 is 38.9 Å². The summed E-state index contributed by atoms with van der Waals surface area (Å²) >= 11 is 11.1. The predicted octanol–water partition coefficient (Wildman–Crippen LogP) is 5.20. The van der Waals surface area contributed by atoms with Crippen LogP contribution in [0.25, 0.3) is 0 Å². The lowest BCUT2D eigenvalue weighted by molar-refractivity contribution is 0.512. The molecule has 0 spiro atoms. The molecule has 0 saturated carbocycles. The van der Waals surface area contributed by atoms with E-state index in [0.717, 1.165) is 16.8 Å². The van der Waals surface area contributed by atoms with Crippen LogP contribution in [0, 0.1) is 5.82 Å². The number of likely N-dealkylation sites (N-methyl/N-ethyl adjacent to an activating group) is 1. The zero-order valence-electron chi connectivity index (χ0n) is 10.4. The van der Waals surface area contributed by atoms with E-state index >= 15 is 0 Å². The fourth-order valence-electron chi connectivity index (χ4n) is 1.98. The Morgan fingerprint density at radius 1 is 1.37 bits per heavy atom. The largest absolute Gasteiger partial charge is 0.310 e. The molecule has 1 aromatic heterocycles. The molecule has 1 atom stereocenters. The topological polar surface area (TPSA) is 12.0 Å². The molecule has 1 unspecified atom stereocenters. The molecule has 1 N–H and O–H groups in total. The van der Waals surface area contributed by atoms with Crippen LogP contribution in [0.1, 0.15) is 23.4 Å². The van der Waals surface area contributed by atoms with Crippen molar-refractivity contribution in [2.24, 2.45) is 0 Å². The van der Waals surface area contributed by atoms with Crippen molar-refractivity contribution in [3.8, 4) is 0 Å². The highest BCUT2D eigenvalue weighted by molar-refractivity contribution is 9.11. The van der Waals surface area contributed by atoms with Crippen molar-refractivity contribution in [1.82, 2.24) is 5.32 Å². The maximum atomic E-state index is 13.9. The first kappa shape index (κ1) is 15.0. The molecule has 2 rings (SSSR count). The minimum absolute atomic E-state index is 0.0609. The van der Waals surface area contributed by atoms with Crippen LogP contribution in [0.2, 0.25) is 5.02 Å². The molecule has 0 aliphatic rings. The van der Waals surface area contributed by atoms with Gasteiger partial charge >= 0.3 is 0 Å². The highest BCUT2D eigenvalue weighted by atomic mass is 79.9. The van der Waals surface area contributed by atoms with Crippen molar-refractivity contribution >= 4 is 38.9 Å². The van der Waals surface area contributed by atoms with E-state index in [-0.39, 0.29) is 11.9 Å². The SMILES string of the molecule is CCNC(Cc1ccc(Br)s1)c1cc(Cl)ccc1F. The third-order valence-electron chi connectivity index (χ3n) is 2.82. The Kier molecular flexibility index (Phi) is 5.39. The second-order valence-electron chi connectivity index (χ2n) is 4.19. The number of thiophene rings is 1. The van der Waals surface area contributed by atoms with Crippen molar-refractivity contribution in [2.45, 2.75) is 19.4 Å². The average molecular weight is 363 g/mol. The van der Waals surface area contributed by atoms with Gasteiger partial charge in [0, 0.05) is 27.9 Å². The highest BCUT2D eigenvalue weighted by Gasteiger charge is 2.16. The van der Waals surface area contributed by atoms with E-state index in [1.54, 1.807) is 23.5 Å². The van der Waals surface area contributed by atoms with Gasteiger partial charge < -0.3 is 5.32 Å². The molecule has 0 fully saturated rings. The normalized spacial score (nSPS) is 12.6. The van der Waals surface area contributed by atoms with Gasteiger partial charge in [-0.15, -0.1) is 11.3 Å². The van der Waals surface area contributed by atoms with Gasteiger partial charge in [0.2, 0.25) is 0 Å². The quantitative estimate of drug-likeness (QED) is 0.771. The molecule has 0 aliphatic heterocycles. The van der Waals surface area contributed by atoms with Crippen molar-refractivity contribution in [2.75, 3.05) is 6.54 Å². The van der Waals surface area contributed by atoms with E-state index in [4.69, 9.17) is 11.6 Å². The summed E-state index contributed by atoms with van der Waals surface area (Å²) in [5.74, 6) is -0.217. The lowest BCUT2D eigenvalue weighted by atomic mass is 10.0. The number of hydrogen-bond acceptors (Lipinski definition) is 2. The number of halogens is 3. The maximum absolute atomic E-state index is 13.9. The van der Waals surface area contributed by atoms with Gasteiger partial charge in [0.05, 0.1) is 3.79 Å². The summed E-state index contributed by atoms with van der Waals surface area (Å²) in [6.07, 6.45) is 0.751. The number of rotatable bonds is 5. The van der Waals surface area contributed by atoms with Crippen LogP contribution in [0.5, 0.6) is 0 Å². The van der Waals surface area contributed by atoms with E-state index < -0.39 is 0 Å². The van der Waals surface area contributed by atoms with E-state index in [0.29, 0.717) is 10.6 Å². The first-order valence-electron chi connectivity index (χ1n) is 6.02. The molecule has 1 nitrogen and oxygen atoms in total. The Morgan fingerprint density at radius 2 is 2.16 bits per heavy atom. The zero-order valence-corrected chi connectivity index (χ0v) is 13.6. The summed E-state index contributed by atoms with van der Waals surface area (Å²) in [5, 5.41) is 3.88. The lowest BCUT2D eigenvalue weighted by Crippen LogP contribution is -2.23. The number of hydrogen-bond donors (Lipinski definition) is 1. The Hall–Kier alpha value is -0.420. The predicted molar refractivity (Wildman–Crippen MR) is 83.6 cm³/mol. The van der Waals surface area contributed by atoms with Gasteiger partial charge in [-0.1, -0.05) is 18.5 Å². The van der Waals surface area contributed by atoms with Crippen LogP contribution in [-0.2, 0) is 6.42 Å². The molecular formula is C14H14BrClFNS. The standard InChI is InChI=1S/C14H14BrClFNS/c1-2-18-13(8-10-4-6-14(15)19-10)11-7-9(16)3-5-12(11)17/h3-7,13,18H,2,8H2,1H3. The number of benzene rings is 1. The Balaban J connectivity index is 2.26. The second kappa shape index (κ2) is 6.84. The zero-order chi connectivity index (χ0) is 13.8. The molecular weight excluding hydrogens is 349 g/mol. The molecule has 2 aromatic rings. The van der Waals surface area contributed by atoms with Crippen LogP contribution in [0.3, 0.4) is 0 Å². The molecule has 0 aliphatic carbocycles. The van der Waals surface area contributed by atoms with Crippen molar-refractivity contribution < 1.29 is 4.39 Å². The summed E-state index contributed by atoms with van der Waals surface area (Å²) in [6.45, 7) is 2.79. The fourth-order valence-corrected chi connectivity index (χ4v) is 3.69. The summed E-state index contributed by atoms with van der Waals surface area (Å²) in [5.41, 5.74) is 0.624. The van der Waals surface area contributed by atoms with E-state index in [2.05, 4.69) is 27.3 Å². The third kappa shape index (κ3) is 4.02. The van der Waals surface area contributed by atoms with Crippen LogP contribution in [-0.4, -0.2) is 6.54 Å². The third-order valence-corrected chi connectivity index (χ3v) is 4.70. The minimum atomic E-state index is -0.217. The van der Waals surface area contributed by atoms with Crippen molar-refractivity contribution in [1.29, 1.82) is 0 Å². The van der Waals surface area contributed by atoms with Gasteiger partial charge in [-0.05, 0) is 52.8 Å². The Morgan fingerprint density at radius 3 is 2.79 bits per heavy atom. The van der Waals surface area contributed by atoms with Crippen molar-refractivity contribution in [3.63, 3.8) is 0 Å². The molecule has 5 heteroatoms. The van der Waals surface area contributed by atoms with Gasteiger partial charge in [0.15, 0.2) is 0 Å². The van der Waals surface area contributed by atoms with Gasteiger partial charge in [-0.25, -0.2) is 4.39 Å². The summed E-state index contributed by atoms with van der Waals surface area (Å²) < 4.78 is 15.0. The van der Waals surface area contributed by atoms with Gasteiger partial charge in [0.25, 0.3) is 0 Å². The maximum Gasteiger partial charge on any atom is 0.128 e. The van der Waals surface area contributed by atoms with Crippen molar-refractivity contribution in [3.05, 3.63) is 55.4 Å². The average Bonchev–Trinajstić information content (AvgIpc) is 2.77. The summed E-state index contributed by atoms with van der Waals surface area (Å²) in [6, 6.07) is 8.71. The molecule has 0 amide bonds. The minimum Gasteiger partial charge on any atom is -0.310 e. The van der Waals surface area contributed by atoms with E-state index in [1.165, 1.54) is 10.9 Å². The van der Waals surface area contributed by atoms with Crippen LogP contribution in [0.15, 0.2) is 34.1 Å². The lowest BCUT2D eigenvalue weighted by Gasteiger charge is -2.18.